The third kappa shape index (κ3) is 2.07. The molecule has 1 saturated heterocycles. The van der Waals surface area contributed by atoms with Gasteiger partial charge in [0.15, 0.2) is 0 Å². The summed E-state index contributed by atoms with van der Waals surface area (Å²) in [4.78, 5) is 6.72. The minimum Gasteiger partial charge on any atom is -0.356 e. The van der Waals surface area contributed by atoms with E-state index in [0.717, 1.165) is 30.1 Å². The first-order chi connectivity index (χ1) is 6.79. The molecule has 0 unspecified atom stereocenters. The minimum absolute atomic E-state index is 0.635. The van der Waals surface area contributed by atoms with Crippen molar-refractivity contribution in [2.24, 2.45) is 11.7 Å². The molecule has 1 aromatic rings. The number of nitrogens with two attached hydrogens (primary N) is 1. The van der Waals surface area contributed by atoms with Gasteiger partial charge in [-0.15, -0.1) is 0 Å². The van der Waals surface area contributed by atoms with E-state index in [1.165, 1.54) is 6.42 Å². The van der Waals surface area contributed by atoms with Gasteiger partial charge < -0.3 is 10.6 Å². The van der Waals surface area contributed by atoms with Crippen molar-refractivity contribution >= 4 is 21.7 Å². The van der Waals surface area contributed by atoms with E-state index in [2.05, 4.69) is 25.8 Å². The summed E-state index contributed by atoms with van der Waals surface area (Å²) in [6, 6.07) is 6.01. The zero-order valence-electron chi connectivity index (χ0n) is 7.99. The van der Waals surface area contributed by atoms with Crippen molar-refractivity contribution in [2.75, 3.05) is 24.5 Å². The Bertz CT molecular complexity index is 316. The summed E-state index contributed by atoms with van der Waals surface area (Å²) in [6.07, 6.45) is 1.19. The summed E-state index contributed by atoms with van der Waals surface area (Å²) in [6.45, 7) is 2.90. The largest absolute Gasteiger partial charge is 0.356 e. The van der Waals surface area contributed by atoms with E-state index in [-0.39, 0.29) is 0 Å². The minimum atomic E-state index is 0.635. The first-order valence-corrected chi connectivity index (χ1v) is 5.66. The molecule has 0 radical (unpaired) electrons. The molecule has 2 N–H and O–H groups in total. The maximum Gasteiger partial charge on any atom is 0.129 e. The van der Waals surface area contributed by atoms with E-state index in [4.69, 9.17) is 5.73 Å². The third-order valence-electron chi connectivity index (χ3n) is 2.64. The first kappa shape index (κ1) is 9.93. The Morgan fingerprint density at radius 2 is 2.43 bits per heavy atom. The lowest BCUT2D eigenvalue weighted by Crippen LogP contribution is -2.23. The van der Waals surface area contributed by atoms with E-state index in [1.807, 2.05) is 18.2 Å². The van der Waals surface area contributed by atoms with Gasteiger partial charge in [0.05, 0.1) is 0 Å². The van der Waals surface area contributed by atoms with Crippen molar-refractivity contribution in [1.29, 1.82) is 0 Å². The fourth-order valence-corrected chi connectivity index (χ4v) is 2.14. The third-order valence-corrected chi connectivity index (χ3v) is 3.09. The Morgan fingerprint density at radius 1 is 1.57 bits per heavy atom. The lowest BCUT2D eigenvalue weighted by Gasteiger charge is -2.17. The molecule has 76 valence electrons. The van der Waals surface area contributed by atoms with Crippen molar-refractivity contribution in [3.63, 3.8) is 0 Å². The zero-order chi connectivity index (χ0) is 9.97. The Hall–Kier alpha value is -0.610. The van der Waals surface area contributed by atoms with E-state index in [9.17, 15) is 0 Å². The molecular formula is C10H14BrN3. The Balaban J connectivity index is 2.09. The normalized spacial score (nSPS) is 21.6. The summed E-state index contributed by atoms with van der Waals surface area (Å²) < 4.78 is 0.895. The van der Waals surface area contributed by atoms with Gasteiger partial charge in [-0.1, -0.05) is 6.07 Å². The summed E-state index contributed by atoms with van der Waals surface area (Å²) in [5.41, 5.74) is 5.65. The van der Waals surface area contributed by atoms with Crippen molar-refractivity contribution in [2.45, 2.75) is 6.42 Å². The average Bonchev–Trinajstić information content (AvgIpc) is 2.66. The van der Waals surface area contributed by atoms with Crippen LogP contribution in [-0.2, 0) is 0 Å². The molecule has 1 aromatic heterocycles. The molecule has 0 amide bonds. The quantitative estimate of drug-likeness (QED) is 0.818. The van der Waals surface area contributed by atoms with Crippen LogP contribution in [0.4, 0.5) is 5.82 Å². The zero-order valence-corrected chi connectivity index (χ0v) is 9.57. The topological polar surface area (TPSA) is 42.1 Å². The molecule has 1 atom stereocenters. The molecule has 0 aliphatic carbocycles. The molecule has 1 aliphatic rings. The number of hydrogen-bond acceptors (Lipinski definition) is 3. The number of halogens is 1. The van der Waals surface area contributed by atoms with Gasteiger partial charge in [-0.05, 0) is 46.9 Å². The van der Waals surface area contributed by atoms with Gasteiger partial charge in [-0.3, -0.25) is 0 Å². The lowest BCUT2D eigenvalue weighted by molar-refractivity contribution is 0.602. The van der Waals surface area contributed by atoms with Gasteiger partial charge in [0, 0.05) is 13.1 Å². The molecular weight excluding hydrogens is 242 g/mol. The summed E-state index contributed by atoms with van der Waals surface area (Å²) in [5, 5.41) is 0. The van der Waals surface area contributed by atoms with E-state index in [1.54, 1.807) is 0 Å². The van der Waals surface area contributed by atoms with Crippen molar-refractivity contribution in [3.05, 3.63) is 22.8 Å². The molecule has 0 aromatic carbocycles. The molecule has 4 heteroatoms. The molecule has 14 heavy (non-hydrogen) atoms. The number of pyridine rings is 1. The number of aromatic nitrogens is 1. The smallest absolute Gasteiger partial charge is 0.129 e. The molecule has 0 bridgehead atoms. The van der Waals surface area contributed by atoms with Crippen LogP contribution in [-0.4, -0.2) is 24.6 Å². The van der Waals surface area contributed by atoms with Crippen molar-refractivity contribution in [3.8, 4) is 0 Å². The van der Waals surface area contributed by atoms with E-state index < -0.39 is 0 Å². The summed E-state index contributed by atoms with van der Waals surface area (Å²) >= 11 is 3.38. The second kappa shape index (κ2) is 4.28. The second-order valence-corrected chi connectivity index (χ2v) is 4.47. The highest BCUT2D eigenvalue weighted by molar-refractivity contribution is 9.10. The van der Waals surface area contributed by atoms with Crippen LogP contribution in [0.3, 0.4) is 0 Å². The molecule has 2 heterocycles. The molecule has 1 aliphatic heterocycles. The van der Waals surface area contributed by atoms with Crippen LogP contribution < -0.4 is 10.6 Å². The van der Waals surface area contributed by atoms with Gasteiger partial charge in [0.25, 0.3) is 0 Å². The molecule has 3 nitrogen and oxygen atoms in total. The average molecular weight is 256 g/mol. The number of anilines is 1. The standard InChI is InChI=1S/C10H14BrN3/c11-9-2-1-3-10(13-9)14-5-4-8(6-12)7-14/h1-3,8H,4-7,12H2/t8-/m0/s1. The monoisotopic (exact) mass is 255 g/mol. The predicted molar refractivity (Wildman–Crippen MR) is 61.3 cm³/mol. The SMILES string of the molecule is NC[C@@H]1CCN(c2cccc(Br)n2)C1. The van der Waals surface area contributed by atoms with Crippen LogP contribution in [0.25, 0.3) is 0 Å². The Labute approximate surface area is 92.4 Å². The maximum absolute atomic E-state index is 5.65. The Kier molecular flexibility index (Phi) is 3.03. The van der Waals surface area contributed by atoms with Crippen LogP contribution in [0.1, 0.15) is 6.42 Å². The molecule has 1 fully saturated rings. The van der Waals surface area contributed by atoms with Crippen LogP contribution in [0.2, 0.25) is 0 Å². The fourth-order valence-electron chi connectivity index (χ4n) is 1.81. The highest BCUT2D eigenvalue weighted by Gasteiger charge is 2.21. The second-order valence-electron chi connectivity index (χ2n) is 3.65. The van der Waals surface area contributed by atoms with Crippen LogP contribution >= 0.6 is 15.9 Å². The van der Waals surface area contributed by atoms with Gasteiger partial charge in [-0.25, -0.2) is 4.98 Å². The fraction of sp³-hybridized carbons (Fsp3) is 0.500. The maximum atomic E-state index is 5.65. The number of hydrogen-bond donors (Lipinski definition) is 1. The van der Waals surface area contributed by atoms with Crippen molar-refractivity contribution in [1.82, 2.24) is 4.98 Å². The highest BCUT2D eigenvalue weighted by atomic mass is 79.9. The van der Waals surface area contributed by atoms with E-state index in [0.29, 0.717) is 5.92 Å². The first-order valence-electron chi connectivity index (χ1n) is 4.87. The van der Waals surface area contributed by atoms with Gasteiger partial charge in [0.2, 0.25) is 0 Å². The highest BCUT2D eigenvalue weighted by Crippen LogP contribution is 2.22. The Morgan fingerprint density at radius 3 is 3.07 bits per heavy atom. The number of rotatable bonds is 2. The van der Waals surface area contributed by atoms with Crippen LogP contribution in [0.15, 0.2) is 22.8 Å². The van der Waals surface area contributed by atoms with Crippen LogP contribution in [0.5, 0.6) is 0 Å². The molecule has 2 rings (SSSR count). The van der Waals surface area contributed by atoms with Gasteiger partial charge in [-0.2, -0.15) is 0 Å². The summed E-state index contributed by atoms with van der Waals surface area (Å²) in [5.74, 6) is 1.69. The van der Waals surface area contributed by atoms with Gasteiger partial charge >= 0.3 is 0 Å². The van der Waals surface area contributed by atoms with Crippen molar-refractivity contribution < 1.29 is 0 Å². The van der Waals surface area contributed by atoms with E-state index >= 15 is 0 Å². The lowest BCUT2D eigenvalue weighted by atomic mass is 10.1. The number of nitrogens with zero attached hydrogens (tertiary/aromatic N) is 2. The molecule has 0 saturated carbocycles. The molecule has 0 spiro atoms. The summed E-state index contributed by atoms with van der Waals surface area (Å²) in [7, 11) is 0. The predicted octanol–water partition coefficient (Wildman–Crippen LogP) is 1.63. The van der Waals surface area contributed by atoms with Gasteiger partial charge in [0.1, 0.15) is 10.4 Å². The van der Waals surface area contributed by atoms with Crippen LogP contribution in [0, 0.1) is 5.92 Å².